The molecule has 114 valence electrons. The van der Waals surface area contributed by atoms with Crippen molar-refractivity contribution in [3.63, 3.8) is 0 Å². The maximum Gasteiger partial charge on any atom is 0.242 e. The first-order valence-corrected chi connectivity index (χ1v) is 8.18. The number of hydrogen-bond acceptors (Lipinski definition) is 4. The van der Waals surface area contributed by atoms with Crippen molar-refractivity contribution in [1.29, 1.82) is 0 Å². The van der Waals surface area contributed by atoms with E-state index in [0.717, 1.165) is 0 Å². The molecule has 1 aliphatic rings. The standard InChI is InChI=1S/C15H20N2O3S/c1-14(2)13(15(14,3)4)17-21(19,20)12-8-11(6-5-7-18)9-16-10-12/h8-10,13,17-18H,7H2,1-4H3. The number of sulfonamides is 1. The van der Waals surface area contributed by atoms with Crippen LogP contribution in [0.25, 0.3) is 0 Å². The first kappa shape index (κ1) is 16.0. The van der Waals surface area contributed by atoms with E-state index in [1.165, 1.54) is 18.5 Å². The highest BCUT2D eigenvalue weighted by atomic mass is 32.2. The van der Waals surface area contributed by atoms with E-state index in [1.54, 1.807) is 0 Å². The highest BCUT2D eigenvalue weighted by molar-refractivity contribution is 7.89. The van der Waals surface area contributed by atoms with Crippen LogP contribution in [0.2, 0.25) is 0 Å². The van der Waals surface area contributed by atoms with Crippen LogP contribution in [0.5, 0.6) is 0 Å². The Morgan fingerprint density at radius 1 is 1.29 bits per heavy atom. The second kappa shape index (κ2) is 5.09. The molecule has 1 saturated carbocycles. The summed E-state index contributed by atoms with van der Waals surface area (Å²) in [6, 6.07) is 1.35. The summed E-state index contributed by atoms with van der Waals surface area (Å²) in [5.41, 5.74) is 0.296. The molecule has 0 amide bonds. The molecule has 2 N–H and O–H groups in total. The molecule has 0 aromatic carbocycles. The van der Waals surface area contributed by atoms with Gasteiger partial charge in [0.1, 0.15) is 11.5 Å². The minimum atomic E-state index is -3.63. The zero-order chi connectivity index (χ0) is 15.9. The van der Waals surface area contributed by atoms with Gasteiger partial charge in [-0.2, -0.15) is 0 Å². The second-order valence-electron chi connectivity index (χ2n) is 6.37. The SMILES string of the molecule is CC1(C)C(NS(=O)(=O)c2cncc(C#CCO)c2)C1(C)C. The second-order valence-corrected chi connectivity index (χ2v) is 8.08. The molecule has 0 aliphatic heterocycles. The molecule has 0 unspecified atom stereocenters. The third-order valence-corrected chi connectivity index (χ3v) is 6.02. The molecule has 0 atom stereocenters. The Bertz CT molecular complexity index is 698. The lowest BCUT2D eigenvalue weighted by molar-refractivity contribution is 0.350. The van der Waals surface area contributed by atoms with E-state index in [0.29, 0.717) is 5.56 Å². The molecule has 21 heavy (non-hydrogen) atoms. The van der Waals surface area contributed by atoms with Gasteiger partial charge in [-0.05, 0) is 16.9 Å². The number of nitrogens with zero attached hydrogens (tertiary/aromatic N) is 1. The van der Waals surface area contributed by atoms with Gasteiger partial charge in [-0.15, -0.1) is 0 Å². The van der Waals surface area contributed by atoms with E-state index in [9.17, 15) is 8.42 Å². The summed E-state index contributed by atoms with van der Waals surface area (Å²) in [4.78, 5) is 3.99. The lowest BCUT2D eigenvalue weighted by Crippen LogP contribution is -2.30. The molecule has 5 nitrogen and oxygen atoms in total. The van der Waals surface area contributed by atoms with Crippen molar-refractivity contribution in [3.05, 3.63) is 24.0 Å². The normalized spacial score (nSPS) is 19.7. The van der Waals surface area contributed by atoms with Crippen LogP contribution in [-0.4, -0.2) is 31.2 Å². The molecular weight excluding hydrogens is 288 g/mol. The maximum absolute atomic E-state index is 12.4. The fourth-order valence-corrected chi connectivity index (χ4v) is 4.01. The molecule has 6 heteroatoms. The Hall–Kier alpha value is -1.42. The summed E-state index contributed by atoms with van der Waals surface area (Å²) >= 11 is 0. The number of rotatable bonds is 3. The summed E-state index contributed by atoms with van der Waals surface area (Å²) < 4.78 is 27.6. The number of aliphatic hydroxyl groups is 1. The van der Waals surface area contributed by atoms with E-state index < -0.39 is 10.0 Å². The predicted molar refractivity (Wildman–Crippen MR) is 79.9 cm³/mol. The fourth-order valence-electron chi connectivity index (χ4n) is 2.49. The first-order chi connectivity index (χ1) is 9.63. The molecule has 2 rings (SSSR count). The lowest BCUT2D eigenvalue weighted by atomic mass is 10.0. The highest BCUT2D eigenvalue weighted by Crippen LogP contribution is 2.62. The van der Waals surface area contributed by atoms with Crippen molar-refractivity contribution in [3.8, 4) is 11.8 Å². The van der Waals surface area contributed by atoms with Crippen LogP contribution in [0.4, 0.5) is 0 Å². The number of nitrogens with one attached hydrogen (secondary N) is 1. The average molecular weight is 308 g/mol. The quantitative estimate of drug-likeness (QED) is 0.821. The molecule has 0 spiro atoms. The molecule has 1 fully saturated rings. The van der Waals surface area contributed by atoms with Gasteiger partial charge in [0.15, 0.2) is 0 Å². The van der Waals surface area contributed by atoms with Gasteiger partial charge in [-0.1, -0.05) is 39.5 Å². The van der Waals surface area contributed by atoms with Crippen LogP contribution in [0, 0.1) is 22.7 Å². The number of hydrogen-bond donors (Lipinski definition) is 2. The van der Waals surface area contributed by atoms with Crippen molar-refractivity contribution < 1.29 is 13.5 Å². The van der Waals surface area contributed by atoms with Gasteiger partial charge in [0.25, 0.3) is 0 Å². The minimum absolute atomic E-state index is 0.0815. The molecule has 1 aromatic rings. The summed E-state index contributed by atoms with van der Waals surface area (Å²) in [6.45, 7) is 7.89. The highest BCUT2D eigenvalue weighted by Gasteiger charge is 2.66. The van der Waals surface area contributed by atoms with Crippen LogP contribution >= 0.6 is 0 Å². The number of aliphatic hydroxyl groups excluding tert-OH is 1. The molecule has 0 saturated heterocycles. The van der Waals surface area contributed by atoms with Gasteiger partial charge in [0.05, 0.1) is 0 Å². The van der Waals surface area contributed by atoms with Gasteiger partial charge < -0.3 is 5.11 Å². The Balaban J connectivity index is 2.25. The van der Waals surface area contributed by atoms with Gasteiger partial charge in [0.2, 0.25) is 10.0 Å². The average Bonchev–Trinajstić information content (AvgIpc) is 2.79. The van der Waals surface area contributed by atoms with E-state index in [2.05, 4.69) is 21.5 Å². The molecular formula is C15H20N2O3S. The lowest BCUT2D eigenvalue weighted by Gasteiger charge is -2.08. The van der Waals surface area contributed by atoms with Crippen LogP contribution in [0.3, 0.4) is 0 Å². The summed E-state index contributed by atoms with van der Waals surface area (Å²) in [6.07, 6.45) is 2.77. The van der Waals surface area contributed by atoms with Gasteiger partial charge in [-0.3, -0.25) is 4.98 Å². The van der Waals surface area contributed by atoms with Crippen molar-refractivity contribution in [2.45, 2.75) is 38.6 Å². The van der Waals surface area contributed by atoms with E-state index in [-0.39, 0.29) is 28.4 Å². The minimum Gasteiger partial charge on any atom is -0.384 e. The Labute approximate surface area is 125 Å². The van der Waals surface area contributed by atoms with Crippen molar-refractivity contribution >= 4 is 10.0 Å². The van der Waals surface area contributed by atoms with Crippen LogP contribution < -0.4 is 4.72 Å². The zero-order valence-electron chi connectivity index (χ0n) is 12.6. The number of aromatic nitrogens is 1. The Kier molecular flexibility index (Phi) is 3.87. The number of pyridine rings is 1. The maximum atomic E-state index is 12.4. The van der Waals surface area contributed by atoms with Gasteiger partial charge in [0, 0.05) is 24.0 Å². The van der Waals surface area contributed by atoms with Gasteiger partial charge >= 0.3 is 0 Å². The molecule has 1 heterocycles. The first-order valence-electron chi connectivity index (χ1n) is 6.70. The zero-order valence-corrected chi connectivity index (χ0v) is 13.5. The topological polar surface area (TPSA) is 79.3 Å². The van der Waals surface area contributed by atoms with Crippen molar-refractivity contribution in [2.75, 3.05) is 6.61 Å². The summed E-state index contributed by atoms with van der Waals surface area (Å²) in [5, 5.41) is 8.67. The molecule has 1 aliphatic carbocycles. The van der Waals surface area contributed by atoms with E-state index in [1.807, 2.05) is 27.7 Å². The van der Waals surface area contributed by atoms with Crippen LogP contribution in [-0.2, 0) is 10.0 Å². The third kappa shape index (κ3) is 2.82. The van der Waals surface area contributed by atoms with Crippen molar-refractivity contribution in [2.24, 2.45) is 10.8 Å². The summed E-state index contributed by atoms with van der Waals surface area (Å²) in [5.74, 6) is 5.13. The summed E-state index contributed by atoms with van der Waals surface area (Å²) in [7, 11) is -3.63. The Morgan fingerprint density at radius 2 is 1.90 bits per heavy atom. The van der Waals surface area contributed by atoms with Gasteiger partial charge in [-0.25, -0.2) is 13.1 Å². The van der Waals surface area contributed by atoms with E-state index in [4.69, 9.17) is 5.11 Å². The smallest absolute Gasteiger partial charge is 0.242 e. The molecule has 1 aromatic heterocycles. The molecule has 0 radical (unpaired) electrons. The van der Waals surface area contributed by atoms with Crippen LogP contribution in [0.1, 0.15) is 33.3 Å². The molecule has 0 bridgehead atoms. The third-order valence-electron chi connectivity index (χ3n) is 4.63. The monoisotopic (exact) mass is 308 g/mol. The Morgan fingerprint density at radius 3 is 2.43 bits per heavy atom. The van der Waals surface area contributed by atoms with E-state index >= 15 is 0 Å². The predicted octanol–water partition coefficient (Wildman–Crippen LogP) is 1.14. The van der Waals surface area contributed by atoms with Crippen molar-refractivity contribution in [1.82, 2.24) is 9.71 Å². The fraction of sp³-hybridized carbons (Fsp3) is 0.533. The largest absolute Gasteiger partial charge is 0.384 e. The van der Waals surface area contributed by atoms with Crippen LogP contribution in [0.15, 0.2) is 23.4 Å².